The predicted octanol–water partition coefficient (Wildman–Crippen LogP) is 5.65. The Morgan fingerprint density at radius 2 is 1.08 bits per heavy atom. The van der Waals surface area contributed by atoms with E-state index in [4.69, 9.17) is 18.9 Å². The van der Waals surface area contributed by atoms with Gasteiger partial charge in [-0.3, -0.25) is 4.79 Å². The topological polar surface area (TPSA) is 228 Å². The molecular weight excluding hydrogens is 823 g/mol. The maximum Gasteiger partial charge on any atom is 0.220 e. The minimum Gasteiger partial charge on any atom is -0.394 e. The molecule has 0 bridgehead atoms. The monoisotopic (exact) mass is 908 g/mol. The number of carbonyl (C=O) groups excluding carboxylic acids is 1. The van der Waals surface area contributed by atoms with Crippen LogP contribution < -0.4 is 5.32 Å². The van der Waals surface area contributed by atoms with E-state index in [-0.39, 0.29) is 18.9 Å². The Hall–Kier alpha value is -2.57. The molecule has 0 spiro atoms. The zero-order valence-corrected chi connectivity index (χ0v) is 38.7. The van der Waals surface area contributed by atoms with Crippen molar-refractivity contribution in [2.24, 2.45) is 0 Å². The van der Waals surface area contributed by atoms with Crippen LogP contribution in [0.2, 0.25) is 0 Å². The maximum atomic E-state index is 13.1. The number of aliphatic hydroxyl groups excluding tert-OH is 8. The summed E-state index contributed by atoms with van der Waals surface area (Å²) in [5, 5.41) is 86.4. The third kappa shape index (κ3) is 23.7. The van der Waals surface area contributed by atoms with E-state index in [9.17, 15) is 45.6 Å². The van der Waals surface area contributed by atoms with Gasteiger partial charge in [-0.1, -0.05) is 145 Å². The SMILES string of the molecule is CC/C=C\C/C=C\C/C=C\C/C=C\C/C=C\CCCCCCCC(=O)NC(COC1OC(CO)C(OC2OC(CO)C(O)C(O)C2O)C(O)C1O)C(O)/C=C/CCCCCCCCC. The minimum absolute atomic E-state index is 0.255. The van der Waals surface area contributed by atoms with E-state index >= 15 is 0 Å². The Kier molecular flexibility index (Phi) is 32.9. The van der Waals surface area contributed by atoms with Crippen molar-refractivity contribution in [2.75, 3.05) is 19.8 Å². The third-order valence-corrected chi connectivity index (χ3v) is 11.4. The molecule has 2 fully saturated rings. The fraction of sp³-hybridized carbons (Fsp3) is 0.740. The van der Waals surface area contributed by atoms with Gasteiger partial charge in [0.15, 0.2) is 12.6 Å². The van der Waals surface area contributed by atoms with Gasteiger partial charge in [0, 0.05) is 6.42 Å². The Balaban J connectivity index is 1.83. The third-order valence-electron chi connectivity index (χ3n) is 11.4. The number of allylic oxidation sites excluding steroid dienone is 11. The quantitative estimate of drug-likeness (QED) is 0.0277. The van der Waals surface area contributed by atoms with E-state index in [0.717, 1.165) is 89.9 Å². The molecule has 14 heteroatoms. The first kappa shape index (κ1) is 57.6. The van der Waals surface area contributed by atoms with Crippen LogP contribution in [0.25, 0.3) is 0 Å². The summed E-state index contributed by atoms with van der Waals surface area (Å²) < 4.78 is 22.6. The number of aliphatic hydroxyl groups is 8. The highest BCUT2D eigenvalue weighted by Crippen LogP contribution is 2.30. The second-order valence-electron chi connectivity index (χ2n) is 16.9. The average Bonchev–Trinajstić information content (AvgIpc) is 3.29. The number of hydrogen-bond donors (Lipinski definition) is 9. The molecule has 0 aromatic rings. The van der Waals surface area contributed by atoms with Crippen molar-refractivity contribution in [3.63, 3.8) is 0 Å². The van der Waals surface area contributed by atoms with Gasteiger partial charge in [0.05, 0.1) is 32.0 Å². The van der Waals surface area contributed by atoms with Gasteiger partial charge in [-0.25, -0.2) is 0 Å². The summed E-state index contributed by atoms with van der Waals surface area (Å²) in [5.41, 5.74) is 0. The van der Waals surface area contributed by atoms with Crippen LogP contribution in [-0.4, -0.2) is 140 Å². The molecule has 2 heterocycles. The van der Waals surface area contributed by atoms with Gasteiger partial charge in [-0.05, 0) is 64.2 Å². The summed E-state index contributed by atoms with van der Waals surface area (Å²) in [5.74, 6) is -0.265. The molecule has 12 atom stereocenters. The molecule has 2 rings (SSSR count). The van der Waals surface area contributed by atoms with E-state index in [2.05, 4.69) is 79.9 Å². The highest BCUT2D eigenvalue weighted by atomic mass is 16.7. The van der Waals surface area contributed by atoms with Gasteiger partial charge in [-0.2, -0.15) is 0 Å². The second-order valence-corrected chi connectivity index (χ2v) is 16.9. The van der Waals surface area contributed by atoms with Crippen LogP contribution >= 0.6 is 0 Å². The van der Waals surface area contributed by atoms with E-state index in [1.54, 1.807) is 6.08 Å². The average molecular weight is 908 g/mol. The number of hydrogen-bond acceptors (Lipinski definition) is 13. The molecule has 0 radical (unpaired) electrons. The standard InChI is InChI=1S/C50H85NO13/c1-3-5-7-9-11-13-14-15-16-17-18-19-20-21-22-23-24-26-28-30-32-34-42(55)51-38(39(54)33-31-29-27-25-12-10-8-6-4-2)37-61-49-47(60)45(58)48(41(36-53)63-49)64-50-46(59)44(57)43(56)40(35-52)62-50/h5,7,11,13,15-16,18-19,21-22,31,33,38-41,43-50,52-54,56-60H,3-4,6,8-10,12,14,17,20,23-30,32,34-37H2,1-2H3,(H,51,55)/b7-5-,13-11-,16-15-,19-18-,22-21-,33-31+. The molecule has 64 heavy (non-hydrogen) atoms. The van der Waals surface area contributed by atoms with Crippen molar-refractivity contribution in [1.82, 2.24) is 5.32 Å². The highest BCUT2D eigenvalue weighted by Gasteiger charge is 2.51. The molecule has 1 amide bonds. The summed E-state index contributed by atoms with van der Waals surface area (Å²) in [6.07, 6.45) is 28.1. The van der Waals surface area contributed by atoms with Gasteiger partial charge < -0.3 is 65.1 Å². The lowest BCUT2D eigenvalue weighted by molar-refractivity contribution is -0.359. The molecule has 0 aromatic carbocycles. The molecule has 0 aromatic heterocycles. The summed E-state index contributed by atoms with van der Waals surface area (Å²) in [6.45, 7) is 2.59. The molecular formula is C50H85NO13. The van der Waals surface area contributed by atoms with E-state index in [1.165, 1.54) is 25.7 Å². The van der Waals surface area contributed by atoms with Crippen LogP contribution in [0.3, 0.4) is 0 Å². The summed E-state index contributed by atoms with van der Waals surface area (Å²) in [7, 11) is 0. The molecule has 14 nitrogen and oxygen atoms in total. The molecule has 12 unspecified atom stereocenters. The first-order valence-electron chi connectivity index (χ1n) is 24.2. The molecule has 2 aliphatic rings. The van der Waals surface area contributed by atoms with Crippen molar-refractivity contribution in [2.45, 2.75) is 216 Å². The summed E-state index contributed by atoms with van der Waals surface area (Å²) >= 11 is 0. The maximum absolute atomic E-state index is 13.1. The van der Waals surface area contributed by atoms with Gasteiger partial charge in [-0.15, -0.1) is 0 Å². The van der Waals surface area contributed by atoms with Crippen molar-refractivity contribution >= 4 is 5.91 Å². The van der Waals surface area contributed by atoms with Crippen LogP contribution in [-0.2, 0) is 23.7 Å². The molecule has 368 valence electrons. The van der Waals surface area contributed by atoms with Gasteiger partial charge in [0.1, 0.15) is 48.8 Å². The van der Waals surface area contributed by atoms with Gasteiger partial charge in [0.25, 0.3) is 0 Å². The zero-order valence-electron chi connectivity index (χ0n) is 38.7. The Morgan fingerprint density at radius 1 is 0.578 bits per heavy atom. The van der Waals surface area contributed by atoms with Crippen LogP contribution in [0.4, 0.5) is 0 Å². The summed E-state index contributed by atoms with van der Waals surface area (Å²) in [6, 6.07) is -0.926. The molecule has 0 saturated carbocycles. The first-order chi connectivity index (χ1) is 31.1. The Morgan fingerprint density at radius 3 is 1.66 bits per heavy atom. The normalized spacial score (nSPS) is 27.9. The van der Waals surface area contributed by atoms with Crippen molar-refractivity contribution < 1.29 is 64.6 Å². The lowest BCUT2D eigenvalue weighted by Gasteiger charge is -2.46. The van der Waals surface area contributed by atoms with Gasteiger partial charge in [0.2, 0.25) is 5.91 Å². The van der Waals surface area contributed by atoms with Crippen LogP contribution in [0.15, 0.2) is 72.9 Å². The van der Waals surface area contributed by atoms with Crippen molar-refractivity contribution in [3.8, 4) is 0 Å². The minimum atomic E-state index is -1.79. The number of nitrogens with one attached hydrogen (secondary N) is 1. The fourth-order valence-electron chi connectivity index (χ4n) is 7.43. The lowest BCUT2D eigenvalue weighted by Crippen LogP contribution is -2.65. The Labute approximate surface area is 383 Å². The first-order valence-corrected chi connectivity index (χ1v) is 24.2. The number of unbranched alkanes of at least 4 members (excludes halogenated alkanes) is 12. The number of carbonyl (C=O) groups is 1. The predicted molar refractivity (Wildman–Crippen MR) is 249 cm³/mol. The largest absolute Gasteiger partial charge is 0.394 e. The summed E-state index contributed by atoms with van der Waals surface area (Å²) in [4.78, 5) is 13.1. The van der Waals surface area contributed by atoms with Crippen molar-refractivity contribution in [1.29, 1.82) is 0 Å². The number of amides is 1. The zero-order chi connectivity index (χ0) is 46.8. The highest BCUT2D eigenvalue weighted by molar-refractivity contribution is 5.76. The molecule has 9 N–H and O–H groups in total. The van der Waals surface area contributed by atoms with E-state index in [1.807, 2.05) is 6.08 Å². The van der Waals surface area contributed by atoms with Crippen LogP contribution in [0.1, 0.15) is 142 Å². The molecule has 2 saturated heterocycles. The number of ether oxygens (including phenoxy) is 4. The van der Waals surface area contributed by atoms with Gasteiger partial charge >= 0.3 is 0 Å². The second kappa shape index (κ2) is 36.5. The molecule has 2 aliphatic heterocycles. The number of rotatable bonds is 35. The fourth-order valence-corrected chi connectivity index (χ4v) is 7.43. The molecule has 0 aliphatic carbocycles. The van der Waals surface area contributed by atoms with Crippen LogP contribution in [0, 0.1) is 0 Å². The lowest BCUT2D eigenvalue weighted by atomic mass is 9.97. The smallest absolute Gasteiger partial charge is 0.220 e. The van der Waals surface area contributed by atoms with E-state index < -0.39 is 86.8 Å². The Bertz CT molecular complexity index is 1350. The van der Waals surface area contributed by atoms with Crippen LogP contribution in [0.5, 0.6) is 0 Å². The van der Waals surface area contributed by atoms with E-state index in [0.29, 0.717) is 6.42 Å². The van der Waals surface area contributed by atoms with Crippen molar-refractivity contribution in [3.05, 3.63) is 72.9 Å².